The molecule has 0 aromatic carbocycles. The summed E-state index contributed by atoms with van der Waals surface area (Å²) < 4.78 is 4.94. The first-order valence-corrected chi connectivity index (χ1v) is 10.4. The maximum atomic E-state index is 12.0. The van der Waals surface area contributed by atoms with Crippen LogP contribution in [0.5, 0.6) is 0 Å². The highest BCUT2D eigenvalue weighted by Crippen LogP contribution is 2.11. The van der Waals surface area contributed by atoms with Gasteiger partial charge in [-0.3, -0.25) is 9.69 Å². The third-order valence-corrected chi connectivity index (χ3v) is 4.74. The van der Waals surface area contributed by atoms with E-state index in [4.69, 9.17) is 4.74 Å². The summed E-state index contributed by atoms with van der Waals surface area (Å²) in [6.45, 7) is 11.2. The Morgan fingerprint density at radius 2 is 1.83 bits per heavy atom. The Balaban J connectivity index is 1.54. The quantitative estimate of drug-likeness (QED) is 0.448. The summed E-state index contributed by atoms with van der Waals surface area (Å²) in [5.74, 6) is 0.491. The van der Waals surface area contributed by atoms with Gasteiger partial charge >= 0.3 is 12.0 Å². The first kappa shape index (κ1) is 22.9. The summed E-state index contributed by atoms with van der Waals surface area (Å²) in [6, 6.07) is 1.57. The van der Waals surface area contributed by atoms with E-state index in [0.29, 0.717) is 13.2 Å². The number of piperazine rings is 1. The largest absolute Gasteiger partial charge is 0.466 e. The van der Waals surface area contributed by atoms with Crippen molar-refractivity contribution in [1.29, 1.82) is 0 Å². The molecule has 2 N–H and O–H groups in total. The summed E-state index contributed by atoms with van der Waals surface area (Å²) in [7, 11) is 0. The zero-order valence-corrected chi connectivity index (χ0v) is 17.8. The van der Waals surface area contributed by atoms with Crippen molar-refractivity contribution in [2.45, 2.75) is 45.6 Å². The molecule has 1 saturated heterocycles. The highest BCUT2D eigenvalue weighted by molar-refractivity contribution is 5.77. The number of nitrogens with one attached hydrogen (secondary N) is 2. The number of anilines is 1. The fourth-order valence-corrected chi connectivity index (χ4v) is 3.26. The number of aromatic nitrogens is 2. The fourth-order valence-electron chi connectivity index (χ4n) is 3.26. The molecular weight excluding hydrogens is 372 g/mol. The lowest BCUT2D eigenvalue weighted by Crippen LogP contribution is -2.49. The van der Waals surface area contributed by atoms with Gasteiger partial charge in [0.2, 0.25) is 5.95 Å². The summed E-state index contributed by atoms with van der Waals surface area (Å²) >= 11 is 0. The van der Waals surface area contributed by atoms with Gasteiger partial charge in [0.1, 0.15) is 0 Å². The normalized spacial score (nSPS) is 15.1. The first-order chi connectivity index (χ1) is 13.9. The molecule has 162 valence electrons. The number of urea groups is 1. The monoisotopic (exact) mass is 406 g/mol. The van der Waals surface area contributed by atoms with E-state index in [1.165, 1.54) is 0 Å². The molecular formula is C20H34N6O3. The maximum absolute atomic E-state index is 12.0. The molecule has 0 radical (unpaired) electrons. The lowest BCUT2D eigenvalue weighted by atomic mass is 10.0. The van der Waals surface area contributed by atoms with Crippen LogP contribution in [0.25, 0.3) is 0 Å². The Labute approximate surface area is 173 Å². The summed E-state index contributed by atoms with van der Waals surface area (Å²) in [4.78, 5) is 36.9. The number of nitrogens with zero attached hydrogens (tertiary/aromatic N) is 4. The number of carbonyl (C=O) groups excluding carboxylic acids is 2. The van der Waals surface area contributed by atoms with E-state index >= 15 is 0 Å². The minimum Gasteiger partial charge on any atom is -0.466 e. The van der Waals surface area contributed by atoms with Crippen molar-refractivity contribution < 1.29 is 14.3 Å². The topological polar surface area (TPSA) is 99.7 Å². The van der Waals surface area contributed by atoms with E-state index in [2.05, 4.69) is 30.4 Å². The van der Waals surface area contributed by atoms with Gasteiger partial charge in [-0.25, -0.2) is 14.8 Å². The summed E-state index contributed by atoms with van der Waals surface area (Å²) in [5.41, 5.74) is -0.640. The van der Waals surface area contributed by atoms with Gasteiger partial charge in [0.15, 0.2) is 0 Å². The molecule has 0 bridgehead atoms. The van der Waals surface area contributed by atoms with E-state index < -0.39 is 5.54 Å². The molecule has 0 saturated carbocycles. The Hall–Kier alpha value is -2.42. The second-order valence-electron chi connectivity index (χ2n) is 7.83. The van der Waals surface area contributed by atoms with E-state index in [9.17, 15) is 9.59 Å². The van der Waals surface area contributed by atoms with Crippen molar-refractivity contribution in [2.24, 2.45) is 0 Å². The van der Waals surface area contributed by atoms with Crippen LogP contribution < -0.4 is 15.5 Å². The highest BCUT2D eigenvalue weighted by atomic mass is 16.5. The van der Waals surface area contributed by atoms with Crippen molar-refractivity contribution in [2.75, 3.05) is 50.8 Å². The molecule has 2 rings (SSSR count). The smallest absolute Gasteiger partial charge is 0.315 e. The minimum atomic E-state index is -0.640. The highest BCUT2D eigenvalue weighted by Gasteiger charge is 2.24. The number of carbonyl (C=O) groups is 2. The summed E-state index contributed by atoms with van der Waals surface area (Å²) in [5, 5.41) is 5.69. The zero-order valence-electron chi connectivity index (χ0n) is 17.8. The molecule has 0 unspecified atom stereocenters. The van der Waals surface area contributed by atoms with Gasteiger partial charge in [-0.1, -0.05) is 0 Å². The van der Waals surface area contributed by atoms with Crippen LogP contribution in [0, 0.1) is 0 Å². The van der Waals surface area contributed by atoms with Crippen LogP contribution in [0.2, 0.25) is 0 Å². The third-order valence-electron chi connectivity index (χ3n) is 4.74. The first-order valence-electron chi connectivity index (χ1n) is 10.4. The van der Waals surface area contributed by atoms with Crippen LogP contribution in [0.4, 0.5) is 10.7 Å². The van der Waals surface area contributed by atoms with E-state index in [0.717, 1.165) is 51.5 Å². The Morgan fingerprint density at radius 1 is 1.14 bits per heavy atom. The molecule has 1 aliphatic rings. The second-order valence-corrected chi connectivity index (χ2v) is 7.83. The number of rotatable bonds is 10. The van der Waals surface area contributed by atoms with E-state index in [-0.39, 0.29) is 18.4 Å². The molecule has 9 heteroatoms. The maximum Gasteiger partial charge on any atom is 0.315 e. The van der Waals surface area contributed by atoms with Crippen molar-refractivity contribution >= 4 is 17.9 Å². The zero-order chi connectivity index (χ0) is 21.1. The number of unbranched alkanes of at least 4 members (excludes halogenated alkanes) is 1. The third kappa shape index (κ3) is 8.64. The molecule has 1 fully saturated rings. The lowest BCUT2D eigenvalue weighted by Gasteiger charge is -2.34. The van der Waals surface area contributed by atoms with Gasteiger partial charge in [-0.15, -0.1) is 0 Å². The van der Waals surface area contributed by atoms with Gasteiger partial charge < -0.3 is 20.3 Å². The molecule has 0 aliphatic carbocycles. The molecule has 1 aromatic rings. The minimum absolute atomic E-state index is 0.147. The van der Waals surface area contributed by atoms with E-state index in [1.807, 2.05) is 19.9 Å². The van der Waals surface area contributed by atoms with Crippen molar-refractivity contribution in [1.82, 2.24) is 25.5 Å². The molecule has 2 heterocycles. The van der Waals surface area contributed by atoms with E-state index in [1.54, 1.807) is 19.3 Å². The van der Waals surface area contributed by atoms with Crippen LogP contribution in [0.3, 0.4) is 0 Å². The lowest BCUT2D eigenvalue weighted by molar-refractivity contribution is -0.144. The molecule has 9 nitrogen and oxygen atoms in total. The molecule has 1 aliphatic heterocycles. The van der Waals surface area contributed by atoms with Crippen LogP contribution in [-0.2, 0) is 9.53 Å². The van der Waals surface area contributed by atoms with Gasteiger partial charge in [-0.2, -0.15) is 0 Å². The van der Waals surface area contributed by atoms with Crippen LogP contribution >= 0.6 is 0 Å². The number of hydrogen-bond donors (Lipinski definition) is 2. The average molecular weight is 407 g/mol. The van der Waals surface area contributed by atoms with Gasteiger partial charge in [0, 0.05) is 50.7 Å². The standard InChI is InChI=1S/C20H34N6O3/c1-4-29-17(27)16-20(2,3)24-19(28)23-8-5-6-11-25-12-14-26(15-13-25)18-21-9-7-10-22-18/h7,9-10H,4-6,8,11-16H2,1-3H3,(H2,23,24,28). The molecule has 0 atom stereocenters. The Morgan fingerprint density at radius 3 is 2.48 bits per heavy atom. The predicted molar refractivity (Wildman–Crippen MR) is 112 cm³/mol. The second kappa shape index (κ2) is 11.5. The SMILES string of the molecule is CCOC(=O)CC(C)(C)NC(=O)NCCCCN1CCN(c2ncccn2)CC1. The van der Waals surface area contributed by atoms with Gasteiger partial charge in [0.25, 0.3) is 0 Å². The number of esters is 1. The molecule has 29 heavy (non-hydrogen) atoms. The number of hydrogen-bond acceptors (Lipinski definition) is 7. The Kier molecular flexibility index (Phi) is 9.11. The predicted octanol–water partition coefficient (Wildman–Crippen LogP) is 1.41. The van der Waals surface area contributed by atoms with Crippen LogP contribution in [0.1, 0.15) is 40.0 Å². The number of amides is 2. The van der Waals surface area contributed by atoms with Crippen LogP contribution in [-0.4, -0.2) is 78.3 Å². The van der Waals surface area contributed by atoms with Gasteiger partial charge in [0.05, 0.1) is 13.0 Å². The van der Waals surface area contributed by atoms with Gasteiger partial charge in [-0.05, 0) is 46.2 Å². The number of ether oxygens (including phenoxy) is 1. The van der Waals surface area contributed by atoms with Crippen molar-refractivity contribution in [3.05, 3.63) is 18.5 Å². The molecule has 2 amide bonds. The average Bonchev–Trinajstić information content (AvgIpc) is 2.68. The molecule has 1 aromatic heterocycles. The van der Waals surface area contributed by atoms with Crippen molar-refractivity contribution in [3.63, 3.8) is 0 Å². The van der Waals surface area contributed by atoms with Crippen molar-refractivity contribution in [3.8, 4) is 0 Å². The molecule has 0 spiro atoms. The summed E-state index contributed by atoms with van der Waals surface area (Å²) in [6.07, 6.45) is 5.63. The van der Waals surface area contributed by atoms with Crippen LogP contribution in [0.15, 0.2) is 18.5 Å². The fraction of sp³-hybridized carbons (Fsp3) is 0.700. The Bertz CT molecular complexity index is 632.